The van der Waals surface area contributed by atoms with Crippen LogP contribution in [0.2, 0.25) is 0 Å². The fourth-order valence-corrected chi connectivity index (χ4v) is 2.11. The molecule has 0 heterocycles. The highest BCUT2D eigenvalue weighted by atomic mass is 79.9. The number of benzene rings is 1. The maximum atomic E-state index is 3.68. The number of rotatable bonds is 3. The molecule has 1 aromatic rings. The van der Waals surface area contributed by atoms with Crippen LogP contribution in [0.5, 0.6) is 0 Å². The summed E-state index contributed by atoms with van der Waals surface area (Å²) in [6.07, 6.45) is 1.16. The quantitative estimate of drug-likeness (QED) is 0.690. The Labute approximate surface area is 89.5 Å². The molecule has 0 aliphatic rings. The molecule has 1 heteroatoms. The highest BCUT2D eigenvalue weighted by Gasteiger charge is 2.17. The van der Waals surface area contributed by atoms with Crippen LogP contribution in [-0.2, 0) is 0 Å². The van der Waals surface area contributed by atoms with E-state index in [2.05, 4.69) is 67.0 Å². The van der Waals surface area contributed by atoms with E-state index in [1.54, 1.807) is 0 Å². The van der Waals surface area contributed by atoms with Crippen LogP contribution >= 0.6 is 15.9 Å². The lowest BCUT2D eigenvalue weighted by molar-refractivity contribution is 0.575. The second-order valence-electron chi connectivity index (χ2n) is 4.23. The van der Waals surface area contributed by atoms with E-state index in [9.17, 15) is 0 Å². The van der Waals surface area contributed by atoms with Gasteiger partial charge in [-0.3, -0.25) is 0 Å². The minimum absolute atomic E-state index is 0.238. The summed E-state index contributed by atoms with van der Waals surface area (Å²) in [5.41, 5.74) is 1.43. The Morgan fingerprint density at radius 2 is 1.77 bits per heavy atom. The van der Waals surface area contributed by atoms with Gasteiger partial charge < -0.3 is 0 Å². The summed E-state index contributed by atoms with van der Waals surface area (Å²) >= 11 is 3.68. The van der Waals surface area contributed by atoms with E-state index in [-0.39, 0.29) is 4.32 Å². The first-order valence-corrected chi connectivity index (χ1v) is 5.52. The van der Waals surface area contributed by atoms with Gasteiger partial charge >= 0.3 is 0 Å². The fourth-order valence-electron chi connectivity index (χ4n) is 1.63. The van der Waals surface area contributed by atoms with Gasteiger partial charge in [0.1, 0.15) is 0 Å². The van der Waals surface area contributed by atoms with E-state index in [0.717, 1.165) is 6.42 Å². The minimum atomic E-state index is 0.238. The Bertz CT molecular complexity index is 246. The molecule has 0 bridgehead atoms. The lowest BCUT2D eigenvalue weighted by atomic mass is 9.92. The molecule has 72 valence electrons. The van der Waals surface area contributed by atoms with Crippen LogP contribution in [0.25, 0.3) is 0 Å². The maximum absolute atomic E-state index is 3.68. The lowest BCUT2D eigenvalue weighted by Gasteiger charge is -2.21. The summed E-state index contributed by atoms with van der Waals surface area (Å²) in [7, 11) is 0. The standard InChI is InChI=1S/C12H17Br/c1-10(9-12(2,3)13)11-7-5-4-6-8-11/h4-8,10H,9H2,1-3H3. The van der Waals surface area contributed by atoms with Gasteiger partial charge in [0.05, 0.1) is 0 Å². The molecular formula is C12H17Br. The second-order valence-corrected chi connectivity index (χ2v) is 6.38. The molecule has 0 spiro atoms. The molecule has 0 nitrogen and oxygen atoms in total. The van der Waals surface area contributed by atoms with Gasteiger partial charge in [-0.15, -0.1) is 0 Å². The third kappa shape index (κ3) is 3.95. The molecule has 0 saturated carbocycles. The second kappa shape index (κ2) is 4.28. The Morgan fingerprint density at radius 3 is 2.23 bits per heavy atom. The first-order chi connectivity index (χ1) is 5.99. The minimum Gasteiger partial charge on any atom is -0.0859 e. The van der Waals surface area contributed by atoms with Crippen molar-refractivity contribution in [2.24, 2.45) is 0 Å². The molecule has 0 fully saturated rings. The van der Waals surface area contributed by atoms with Gasteiger partial charge in [0, 0.05) is 4.32 Å². The fraction of sp³-hybridized carbons (Fsp3) is 0.500. The van der Waals surface area contributed by atoms with Crippen LogP contribution in [0.15, 0.2) is 30.3 Å². The molecule has 1 atom stereocenters. The van der Waals surface area contributed by atoms with Gasteiger partial charge in [0.25, 0.3) is 0 Å². The highest BCUT2D eigenvalue weighted by Crippen LogP contribution is 2.30. The van der Waals surface area contributed by atoms with E-state index < -0.39 is 0 Å². The maximum Gasteiger partial charge on any atom is 0.0207 e. The molecule has 0 N–H and O–H groups in total. The van der Waals surface area contributed by atoms with Crippen LogP contribution in [-0.4, -0.2) is 4.32 Å². The zero-order chi connectivity index (χ0) is 9.90. The first-order valence-electron chi connectivity index (χ1n) is 4.73. The van der Waals surface area contributed by atoms with E-state index in [1.807, 2.05) is 0 Å². The Morgan fingerprint density at radius 1 is 1.23 bits per heavy atom. The molecule has 1 aromatic carbocycles. The Hall–Kier alpha value is -0.300. The van der Waals surface area contributed by atoms with Gasteiger partial charge in [-0.1, -0.05) is 67.0 Å². The van der Waals surface area contributed by atoms with Crippen molar-refractivity contribution in [2.45, 2.75) is 37.4 Å². The van der Waals surface area contributed by atoms with E-state index in [4.69, 9.17) is 0 Å². The highest BCUT2D eigenvalue weighted by molar-refractivity contribution is 9.10. The lowest BCUT2D eigenvalue weighted by Crippen LogP contribution is -2.13. The van der Waals surface area contributed by atoms with E-state index in [0.29, 0.717) is 5.92 Å². The average Bonchev–Trinajstić information content (AvgIpc) is 2.03. The van der Waals surface area contributed by atoms with E-state index in [1.165, 1.54) is 5.56 Å². The molecule has 0 aliphatic carbocycles. The summed E-state index contributed by atoms with van der Waals surface area (Å²) in [5, 5.41) is 0. The predicted molar refractivity (Wildman–Crippen MR) is 62.5 cm³/mol. The van der Waals surface area contributed by atoms with Gasteiger partial charge in [0.15, 0.2) is 0 Å². The summed E-state index contributed by atoms with van der Waals surface area (Å²) in [6.45, 7) is 6.71. The number of halogens is 1. The van der Waals surface area contributed by atoms with Crippen molar-refractivity contribution in [1.29, 1.82) is 0 Å². The molecule has 0 radical (unpaired) electrons. The predicted octanol–water partition coefficient (Wildman–Crippen LogP) is 4.35. The SMILES string of the molecule is CC(CC(C)(C)Br)c1ccccc1. The van der Waals surface area contributed by atoms with Crippen LogP contribution in [0, 0.1) is 0 Å². The van der Waals surface area contributed by atoms with Crippen molar-refractivity contribution in [1.82, 2.24) is 0 Å². The number of hydrogen-bond acceptors (Lipinski definition) is 0. The van der Waals surface area contributed by atoms with Crippen LogP contribution in [0.4, 0.5) is 0 Å². The van der Waals surface area contributed by atoms with Crippen molar-refractivity contribution in [3.8, 4) is 0 Å². The summed E-state index contributed by atoms with van der Waals surface area (Å²) in [5.74, 6) is 0.621. The summed E-state index contributed by atoms with van der Waals surface area (Å²) in [6, 6.07) is 10.7. The third-order valence-electron chi connectivity index (χ3n) is 2.16. The van der Waals surface area contributed by atoms with Crippen molar-refractivity contribution < 1.29 is 0 Å². The average molecular weight is 241 g/mol. The van der Waals surface area contributed by atoms with Gasteiger partial charge in [-0.2, -0.15) is 0 Å². The van der Waals surface area contributed by atoms with Crippen LogP contribution in [0.3, 0.4) is 0 Å². The summed E-state index contributed by atoms with van der Waals surface area (Å²) in [4.78, 5) is 0. The first kappa shape index (κ1) is 10.8. The normalized spacial score (nSPS) is 14.2. The molecule has 13 heavy (non-hydrogen) atoms. The number of hydrogen-bond donors (Lipinski definition) is 0. The Kier molecular flexibility index (Phi) is 3.55. The largest absolute Gasteiger partial charge is 0.0859 e. The molecule has 1 unspecified atom stereocenters. The van der Waals surface area contributed by atoms with Gasteiger partial charge in [-0.25, -0.2) is 0 Å². The molecule has 0 aliphatic heterocycles. The monoisotopic (exact) mass is 240 g/mol. The van der Waals surface area contributed by atoms with Crippen molar-refractivity contribution >= 4 is 15.9 Å². The zero-order valence-electron chi connectivity index (χ0n) is 8.55. The van der Waals surface area contributed by atoms with Gasteiger partial charge in [0.2, 0.25) is 0 Å². The van der Waals surface area contributed by atoms with Gasteiger partial charge in [-0.05, 0) is 17.9 Å². The Balaban J connectivity index is 2.64. The van der Waals surface area contributed by atoms with Crippen LogP contribution in [0.1, 0.15) is 38.7 Å². The zero-order valence-corrected chi connectivity index (χ0v) is 10.1. The molecule has 0 amide bonds. The number of alkyl halides is 1. The van der Waals surface area contributed by atoms with Crippen molar-refractivity contribution in [3.05, 3.63) is 35.9 Å². The molecule has 1 rings (SSSR count). The topological polar surface area (TPSA) is 0 Å². The smallest absolute Gasteiger partial charge is 0.0207 e. The van der Waals surface area contributed by atoms with Crippen molar-refractivity contribution in [2.75, 3.05) is 0 Å². The summed E-state index contributed by atoms with van der Waals surface area (Å²) < 4.78 is 0.238. The third-order valence-corrected chi connectivity index (χ3v) is 2.48. The molecular weight excluding hydrogens is 224 g/mol. The van der Waals surface area contributed by atoms with E-state index >= 15 is 0 Å². The van der Waals surface area contributed by atoms with Crippen molar-refractivity contribution in [3.63, 3.8) is 0 Å². The molecule has 0 saturated heterocycles. The molecule has 0 aromatic heterocycles. The van der Waals surface area contributed by atoms with Crippen LogP contribution < -0.4 is 0 Å².